The highest BCUT2D eigenvalue weighted by atomic mass is 35.5. The summed E-state index contributed by atoms with van der Waals surface area (Å²) in [7, 11) is 0. The number of benzene rings is 1. The van der Waals surface area contributed by atoms with Crippen molar-refractivity contribution in [3.8, 4) is 17.2 Å². The molecule has 0 saturated heterocycles. The SMILES string of the molecule is CCOc1c(CCNC(C)C)ccc(O)c1O.Cl. The number of halogens is 1. The molecule has 0 heterocycles. The number of rotatable bonds is 6. The standard InChI is InChI=1S/C13H21NO3.ClH/c1-4-17-13-10(7-8-14-9(2)3)5-6-11(15)12(13)16;/h5-6,9,14-16H,4,7-8H2,1-3H3;1H. The summed E-state index contributed by atoms with van der Waals surface area (Å²) in [5.74, 6) is 0.0703. The van der Waals surface area contributed by atoms with Gasteiger partial charge in [-0.25, -0.2) is 0 Å². The molecule has 0 fully saturated rings. The molecule has 0 aliphatic carbocycles. The smallest absolute Gasteiger partial charge is 0.200 e. The second kappa shape index (κ2) is 8.06. The minimum atomic E-state index is -0.172. The molecule has 0 spiro atoms. The van der Waals surface area contributed by atoms with Crippen LogP contribution in [0.5, 0.6) is 17.2 Å². The summed E-state index contributed by atoms with van der Waals surface area (Å²) in [5, 5.41) is 22.4. The van der Waals surface area contributed by atoms with Gasteiger partial charge in [-0.1, -0.05) is 19.9 Å². The molecule has 104 valence electrons. The molecule has 18 heavy (non-hydrogen) atoms. The van der Waals surface area contributed by atoms with Crippen LogP contribution in [0.25, 0.3) is 0 Å². The Morgan fingerprint density at radius 1 is 1.28 bits per heavy atom. The average molecular weight is 276 g/mol. The van der Waals surface area contributed by atoms with Crippen molar-refractivity contribution in [2.24, 2.45) is 0 Å². The summed E-state index contributed by atoms with van der Waals surface area (Å²) in [6.45, 7) is 7.28. The molecule has 4 nitrogen and oxygen atoms in total. The molecule has 5 heteroatoms. The molecule has 1 rings (SSSR count). The van der Waals surface area contributed by atoms with Crippen LogP contribution in [0.15, 0.2) is 12.1 Å². The Morgan fingerprint density at radius 2 is 1.94 bits per heavy atom. The van der Waals surface area contributed by atoms with Gasteiger partial charge in [-0.3, -0.25) is 0 Å². The van der Waals surface area contributed by atoms with E-state index in [2.05, 4.69) is 19.2 Å². The van der Waals surface area contributed by atoms with Crippen LogP contribution in [0, 0.1) is 0 Å². The van der Waals surface area contributed by atoms with E-state index in [0.717, 1.165) is 18.5 Å². The molecule has 3 N–H and O–H groups in total. The largest absolute Gasteiger partial charge is 0.504 e. The topological polar surface area (TPSA) is 61.7 Å². The second-order valence-corrected chi connectivity index (χ2v) is 4.21. The van der Waals surface area contributed by atoms with Crippen molar-refractivity contribution < 1.29 is 14.9 Å². The zero-order valence-corrected chi connectivity index (χ0v) is 11.9. The van der Waals surface area contributed by atoms with Gasteiger partial charge in [0.25, 0.3) is 0 Å². The Hall–Kier alpha value is -1.13. The fourth-order valence-electron chi connectivity index (χ4n) is 1.60. The van der Waals surface area contributed by atoms with Crippen LogP contribution in [-0.4, -0.2) is 29.4 Å². The molecule has 0 aromatic heterocycles. The lowest BCUT2D eigenvalue weighted by Crippen LogP contribution is -2.25. The van der Waals surface area contributed by atoms with E-state index in [-0.39, 0.29) is 23.9 Å². The number of hydrogen-bond acceptors (Lipinski definition) is 4. The number of aromatic hydroxyl groups is 2. The molecule has 0 amide bonds. The fraction of sp³-hybridized carbons (Fsp3) is 0.538. The normalized spacial score (nSPS) is 10.2. The van der Waals surface area contributed by atoms with Crippen LogP contribution >= 0.6 is 12.4 Å². The van der Waals surface area contributed by atoms with Crippen molar-refractivity contribution in [1.29, 1.82) is 0 Å². The molecule has 0 unspecified atom stereocenters. The van der Waals surface area contributed by atoms with Gasteiger partial charge in [0, 0.05) is 6.04 Å². The van der Waals surface area contributed by atoms with Gasteiger partial charge >= 0.3 is 0 Å². The Bertz CT molecular complexity index is 369. The van der Waals surface area contributed by atoms with E-state index >= 15 is 0 Å². The molecular weight excluding hydrogens is 254 g/mol. The number of phenolic OH excluding ortho intramolecular Hbond substituents is 2. The first-order valence-corrected chi connectivity index (χ1v) is 5.96. The maximum Gasteiger partial charge on any atom is 0.200 e. The monoisotopic (exact) mass is 275 g/mol. The maximum absolute atomic E-state index is 9.72. The molecule has 0 aliphatic heterocycles. The first kappa shape index (κ1) is 16.9. The summed E-state index contributed by atoms with van der Waals surface area (Å²) < 4.78 is 5.37. The Kier molecular flexibility index (Phi) is 7.55. The van der Waals surface area contributed by atoms with Gasteiger partial charge in [-0.05, 0) is 31.5 Å². The number of hydrogen-bond donors (Lipinski definition) is 3. The van der Waals surface area contributed by atoms with Crippen molar-refractivity contribution in [2.75, 3.05) is 13.2 Å². The summed E-state index contributed by atoms with van der Waals surface area (Å²) in [5.41, 5.74) is 0.898. The quantitative estimate of drug-likeness (QED) is 0.698. The van der Waals surface area contributed by atoms with E-state index in [4.69, 9.17) is 4.74 Å². The Labute approximate surface area is 114 Å². The summed E-state index contributed by atoms with van der Waals surface area (Å²) >= 11 is 0. The van der Waals surface area contributed by atoms with Crippen LogP contribution in [0.1, 0.15) is 26.3 Å². The minimum Gasteiger partial charge on any atom is -0.504 e. The van der Waals surface area contributed by atoms with Crippen molar-refractivity contribution in [3.63, 3.8) is 0 Å². The highest BCUT2D eigenvalue weighted by Gasteiger charge is 2.13. The first-order valence-electron chi connectivity index (χ1n) is 5.96. The third-order valence-corrected chi connectivity index (χ3v) is 2.43. The Morgan fingerprint density at radius 3 is 2.50 bits per heavy atom. The van der Waals surface area contributed by atoms with E-state index in [1.54, 1.807) is 6.07 Å². The first-order chi connectivity index (χ1) is 8.06. The zero-order valence-electron chi connectivity index (χ0n) is 11.1. The van der Waals surface area contributed by atoms with E-state index in [0.29, 0.717) is 18.4 Å². The lowest BCUT2D eigenvalue weighted by Gasteiger charge is -2.14. The van der Waals surface area contributed by atoms with Crippen LogP contribution in [-0.2, 0) is 6.42 Å². The molecule has 1 aromatic carbocycles. The highest BCUT2D eigenvalue weighted by molar-refractivity contribution is 5.85. The van der Waals surface area contributed by atoms with E-state index < -0.39 is 0 Å². The lowest BCUT2D eigenvalue weighted by molar-refractivity contribution is 0.305. The molecule has 0 radical (unpaired) electrons. The molecule has 0 saturated carbocycles. The van der Waals surface area contributed by atoms with Crippen molar-refractivity contribution in [3.05, 3.63) is 17.7 Å². The van der Waals surface area contributed by atoms with Crippen LogP contribution in [0.3, 0.4) is 0 Å². The van der Waals surface area contributed by atoms with Gasteiger partial charge in [0.1, 0.15) is 0 Å². The van der Waals surface area contributed by atoms with Crippen LogP contribution in [0.4, 0.5) is 0 Å². The number of ether oxygens (including phenoxy) is 1. The second-order valence-electron chi connectivity index (χ2n) is 4.21. The molecule has 0 aliphatic rings. The average Bonchev–Trinajstić information content (AvgIpc) is 2.27. The van der Waals surface area contributed by atoms with E-state index in [1.807, 2.05) is 6.92 Å². The zero-order chi connectivity index (χ0) is 12.8. The molecule has 0 atom stereocenters. The van der Waals surface area contributed by atoms with Crippen LogP contribution < -0.4 is 10.1 Å². The van der Waals surface area contributed by atoms with Gasteiger partial charge in [0.05, 0.1) is 6.61 Å². The van der Waals surface area contributed by atoms with Crippen molar-refractivity contribution in [2.45, 2.75) is 33.2 Å². The predicted molar refractivity (Wildman–Crippen MR) is 75.0 cm³/mol. The van der Waals surface area contributed by atoms with Gasteiger partial charge in [0.2, 0.25) is 5.75 Å². The number of phenols is 2. The number of nitrogens with one attached hydrogen (secondary N) is 1. The van der Waals surface area contributed by atoms with Crippen molar-refractivity contribution in [1.82, 2.24) is 5.32 Å². The lowest BCUT2D eigenvalue weighted by atomic mass is 10.1. The summed E-state index contributed by atoms with van der Waals surface area (Å²) in [4.78, 5) is 0. The van der Waals surface area contributed by atoms with Gasteiger partial charge < -0.3 is 20.3 Å². The van der Waals surface area contributed by atoms with E-state index in [1.165, 1.54) is 6.07 Å². The predicted octanol–water partition coefficient (Wildman–Crippen LogP) is 2.46. The minimum absolute atomic E-state index is 0. The van der Waals surface area contributed by atoms with Gasteiger partial charge in [-0.15, -0.1) is 12.4 Å². The maximum atomic E-state index is 9.72. The summed E-state index contributed by atoms with van der Waals surface area (Å²) in [6.07, 6.45) is 0.751. The van der Waals surface area contributed by atoms with Gasteiger partial charge in [0.15, 0.2) is 11.5 Å². The third kappa shape index (κ3) is 4.63. The van der Waals surface area contributed by atoms with Gasteiger partial charge in [-0.2, -0.15) is 0 Å². The van der Waals surface area contributed by atoms with Crippen LogP contribution in [0.2, 0.25) is 0 Å². The highest BCUT2D eigenvalue weighted by Crippen LogP contribution is 2.38. The third-order valence-electron chi connectivity index (χ3n) is 2.43. The molecule has 0 bridgehead atoms. The summed E-state index contributed by atoms with van der Waals surface area (Å²) in [6, 6.07) is 3.70. The van der Waals surface area contributed by atoms with E-state index in [9.17, 15) is 10.2 Å². The Balaban J connectivity index is 0.00000289. The fourth-order valence-corrected chi connectivity index (χ4v) is 1.60. The molecular formula is C13H22ClNO3. The van der Waals surface area contributed by atoms with Crippen molar-refractivity contribution >= 4 is 12.4 Å². The molecule has 1 aromatic rings.